The largest absolute Gasteiger partial charge is 0.493 e. The van der Waals surface area contributed by atoms with Crippen molar-refractivity contribution in [1.82, 2.24) is 0 Å². The van der Waals surface area contributed by atoms with Crippen LogP contribution in [-0.4, -0.2) is 18.3 Å². The van der Waals surface area contributed by atoms with Crippen molar-refractivity contribution in [1.29, 1.82) is 0 Å². The smallest absolute Gasteiger partial charge is 0.122 e. The van der Waals surface area contributed by atoms with Gasteiger partial charge < -0.3 is 14.6 Å². The van der Waals surface area contributed by atoms with Gasteiger partial charge in [-0.05, 0) is 41.8 Å². The van der Waals surface area contributed by atoms with Gasteiger partial charge in [-0.3, -0.25) is 0 Å². The third-order valence-corrected chi connectivity index (χ3v) is 3.78. The SMILES string of the molecule is C[C@@H](O)c1ccc(OCCc2ccc3c(c2)CCO3)cc1. The van der Waals surface area contributed by atoms with Crippen LogP contribution in [0.25, 0.3) is 0 Å². The molecule has 1 N–H and O–H groups in total. The lowest BCUT2D eigenvalue weighted by Crippen LogP contribution is -2.02. The molecule has 1 heterocycles. The van der Waals surface area contributed by atoms with Crippen molar-refractivity contribution in [2.75, 3.05) is 13.2 Å². The predicted octanol–water partition coefficient (Wildman–Crippen LogP) is 3.30. The molecule has 0 spiro atoms. The molecule has 2 aromatic rings. The molecule has 1 aliphatic rings. The maximum Gasteiger partial charge on any atom is 0.122 e. The summed E-state index contributed by atoms with van der Waals surface area (Å²) in [5.41, 5.74) is 3.48. The van der Waals surface area contributed by atoms with Crippen LogP contribution in [-0.2, 0) is 12.8 Å². The summed E-state index contributed by atoms with van der Waals surface area (Å²) in [5, 5.41) is 9.47. The number of benzene rings is 2. The maximum absolute atomic E-state index is 9.47. The lowest BCUT2D eigenvalue weighted by atomic mass is 10.1. The van der Waals surface area contributed by atoms with Crippen LogP contribution in [0.5, 0.6) is 11.5 Å². The first kappa shape index (κ1) is 14.0. The predicted molar refractivity (Wildman–Crippen MR) is 81.9 cm³/mol. The van der Waals surface area contributed by atoms with Crippen LogP contribution in [0.1, 0.15) is 29.7 Å². The Bertz CT molecular complexity index is 602. The maximum atomic E-state index is 9.47. The minimum absolute atomic E-state index is 0.437. The molecular weight excluding hydrogens is 264 g/mol. The second kappa shape index (κ2) is 6.19. The van der Waals surface area contributed by atoms with E-state index in [4.69, 9.17) is 9.47 Å². The molecule has 0 unspecified atom stereocenters. The van der Waals surface area contributed by atoms with Gasteiger partial charge in [-0.15, -0.1) is 0 Å². The van der Waals surface area contributed by atoms with E-state index >= 15 is 0 Å². The molecule has 1 atom stereocenters. The highest BCUT2D eigenvalue weighted by Gasteiger charge is 2.11. The van der Waals surface area contributed by atoms with E-state index in [0.717, 1.165) is 36.5 Å². The monoisotopic (exact) mass is 284 g/mol. The van der Waals surface area contributed by atoms with Gasteiger partial charge >= 0.3 is 0 Å². The number of aliphatic hydroxyl groups is 1. The van der Waals surface area contributed by atoms with E-state index in [-0.39, 0.29) is 0 Å². The fourth-order valence-corrected chi connectivity index (χ4v) is 2.52. The minimum Gasteiger partial charge on any atom is -0.493 e. The normalized spacial score (nSPS) is 14.4. The number of fused-ring (bicyclic) bond motifs is 1. The number of hydrogen-bond acceptors (Lipinski definition) is 3. The molecule has 0 saturated carbocycles. The first-order chi connectivity index (χ1) is 10.2. The second-order valence-electron chi connectivity index (χ2n) is 5.38. The highest BCUT2D eigenvalue weighted by Crippen LogP contribution is 2.26. The van der Waals surface area contributed by atoms with Crippen LogP contribution >= 0.6 is 0 Å². The molecule has 3 rings (SSSR count). The van der Waals surface area contributed by atoms with E-state index in [2.05, 4.69) is 18.2 Å². The molecule has 0 aromatic heterocycles. The average molecular weight is 284 g/mol. The van der Waals surface area contributed by atoms with E-state index in [0.29, 0.717) is 6.61 Å². The van der Waals surface area contributed by atoms with Crippen LogP contribution in [0.3, 0.4) is 0 Å². The molecule has 0 saturated heterocycles. The van der Waals surface area contributed by atoms with E-state index in [1.165, 1.54) is 11.1 Å². The summed E-state index contributed by atoms with van der Waals surface area (Å²) in [4.78, 5) is 0. The van der Waals surface area contributed by atoms with Gasteiger partial charge in [-0.2, -0.15) is 0 Å². The Morgan fingerprint density at radius 2 is 2.00 bits per heavy atom. The molecule has 21 heavy (non-hydrogen) atoms. The lowest BCUT2D eigenvalue weighted by Gasteiger charge is -2.09. The number of rotatable bonds is 5. The van der Waals surface area contributed by atoms with Gasteiger partial charge in [0.1, 0.15) is 11.5 Å². The number of ether oxygens (including phenoxy) is 2. The second-order valence-corrected chi connectivity index (χ2v) is 5.38. The molecule has 0 amide bonds. The van der Waals surface area contributed by atoms with Gasteiger partial charge in [0.05, 0.1) is 19.3 Å². The Morgan fingerprint density at radius 1 is 1.19 bits per heavy atom. The van der Waals surface area contributed by atoms with Crippen LogP contribution < -0.4 is 9.47 Å². The molecule has 0 aliphatic carbocycles. The quantitative estimate of drug-likeness (QED) is 0.915. The Morgan fingerprint density at radius 3 is 2.76 bits per heavy atom. The summed E-state index contributed by atoms with van der Waals surface area (Å²) < 4.78 is 11.3. The molecule has 0 bridgehead atoms. The van der Waals surface area contributed by atoms with Gasteiger partial charge in [-0.25, -0.2) is 0 Å². The van der Waals surface area contributed by atoms with Gasteiger partial charge in [-0.1, -0.05) is 24.3 Å². The zero-order valence-corrected chi connectivity index (χ0v) is 12.2. The Labute approximate surface area is 125 Å². The van der Waals surface area contributed by atoms with Crippen molar-refractivity contribution in [3.8, 4) is 11.5 Å². The first-order valence-corrected chi connectivity index (χ1v) is 7.38. The van der Waals surface area contributed by atoms with E-state index in [1.807, 2.05) is 24.3 Å². The van der Waals surface area contributed by atoms with Gasteiger partial charge in [0.25, 0.3) is 0 Å². The molecule has 0 fully saturated rings. The fraction of sp³-hybridized carbons (Fsp3) is 0.333. The molecule has 0 radical (unpaired) electrons. The van der Waals surface area contributed by atoms with Crippen molar-refractivity contribution in [2.45, 2.75) is 25.9 Å². The molecule has 3 heteroatoms. The van der Waals surface area contributed by atoms with Crippen LogP contribution in [0, 0.1) is 0 Å². The van der Waals surface area contributed by atoms with Crippen molar-refractivity contribution >= 4 is 0 Å². The highest BCUT2D eigenvalue weighted by molar-refractivity contribution is 5.39. The number of hydrogen-bond donors (Lipinski definition) is 1. The van der Waals surface area contributed by atoms with Crippen molar-refractivity contribution in [2.24, 2.45) is 0 Å². The Kier molecular flexibility index (Phi) is 4.11. The Hall–Kier alpha value is -2.00. The van der Waals surface area contributed by atoms with Crippen LogP contribution in [0.2, 0.25) is 0 Å². The minimum atomic E-state index is -0.437. The lowest BCUT2D eigenvalue weighted by molar-refractivity contribution is 0.199. The summed E-state index contributed by atoms with van der Waals surface area (Å²) in [5.74, 6) is 1.86. The number of aliphatic hydroxyl groups excluding tert-OH is 1. The van der Waals surface area contributed by atoms with Gasteiger partial charge in [0.15, 0.2) is 0 Å². The van der Waals surface area contributed by atoms with Gasteiger partial charge in [0.2, 0.25) is 0 Å². The first-order valence-electron chi connectivity index (χ1n) is 7.38. The highest BCUT2D eigenvalue weighted by atomic mass is 16.5. The molecule has 3 nitrogen and oxygen atoms in total. The van der Waals surface area contributed by atoms with Crippen molar-refractivity contribution in [3.63, 3.8) is 0 Å². The summed E-state index contributed by atoms with van der Waals surface area (Å²) in [6, 6.07) is 14.0. The Balaban J connectivity index is 1.54. The third kappa shape index (κ3) is 3.37. The molecule has 110 valence electrons. The van der Waals surface area contributed by atoms with E-state index in [9.17, 15) is 5.11 Å². The van der Waals surface area contributed by atoms with Crippen molar-refractivity contribution < 1.29 is 14.6 Å². The van der Waals surface area contributed by atoms with Crippen LogP contribution in [0.4, 0.5) is 0 Å². The average Bonchev–Trinajstić information content (AvgIpc) is 2.95. The zero-order valence-electron chi connectivity index (χ0n) is 12.2. The summed E-state index contributed by atoms with van der Waals surface area (Å²) >= 11 is 0. The molecule has 2 aromatic carbocycles. The standard InChI is InChI=1S/C18H20O3/c1-13(19)15-3-5-17(6-4-15)20-10-8-14-2-7-18-16(12-14)9-11-21-18/h2-7,12-13,19H,8-11H2,1H3/t13-/m1/s1. The molecule has 1 aliphatic heterocycles. The zero-order chi connectivity index (χ0) is 14.7. The van der Waals surface area contributed by atoms with E-state index < -0.39 is 6.10 Å². The summed E-state index contributed by atoms with van der Waals surface area (Å²) in [7, 11) is 0. The van der Waals surface area contributed by atoms with Gasteiger partial charge in [0, 0.05) is 12.8 Å². The summed E-state index contributed by atoms with van der Waals surface area (Å²) in [6.07, 6.45) is 1.45. The summed E-state index contributed by atoms with van der Waals surface area (Å²) in [6.45, 7) is 3.20. The van der Waals surface area contributed by atoms with Crippen LogP contribution in [0.15, 0.2) is 42.5 Å². The molecular formula is C18H20O3. The third-order valence-electron chi connectivity index (χ3n) is 3.78. The topological polar surface area (TPSA) is 38.7 Å². The van der Waals surface area contributed by atoms with E-state index in [1.54, 1.807) is 6.92 Å². The van der Waals surface area contributed by atoms with Crippen molar-refractivity contribution in [3.05, 3.63) is 59.2 Å². The fourth-order valence-electron chi connectivity index (χ4n) is 2.52.